The minimum atomic E-state index is -3.55. The second-order valence-electron chi connectivity index (χ2n) is 5.47. The van der Waals surface area contributed by atoms with Crippen molar-refractivity contribution in [2.45, 2.75) is 43.1 Å². The second-order valence-corrected chi connectivity index (χ2v) is 7.24. The van der Waals surface area contributed by atoms with Crippen LogP contribution in [0.2, 0.25) is 0 Å². The molecular weight excluding hydrogens is 318 g/mol. The fourth-order valence-electron chi connectivity index (χ4n) is 2.56. The number of hydrogen-bond acceptors (Lipinski definition) is 6. The third kappa shape index (κ3) is 4.26. The maximum absolute atomic E-state index is 12.2. The number of aromatic nitrogens is 4. The minimum absolute atomic E-state index is 0.211. The molecule has 1 aliphatic rings. The molecule has 1 aromatic heterocycles. The SMILES string of the molecule is O=S(=O)(NCCc1nn[nH]n1)c1ccc(OC2CCCC2)cc1. The molecule has 23 heavy (non-hydrogen) atoms. The van der Waals surface area contributed by atoms with Crippen LogP contribution in [0.1, 0.15) is 31.5 Å². The van der Waals surface area contributed by atoms with Crippen molar-refractivity contribution in [3.05, 3.63) is 30.1 Å². The molecule has 0 bridgehead atoms. The zero-order valence-corrected chi connectivity index (χ0v) is 13.4. The van der Waals surface area contributed by atoms with Gasteiger partial charge in [-0.05, 0) is 49.9 Å². The van der Waals surface area contributed by atoms with E-state index in [1.165, 1.54) is 12.8 Å². The van der Waals surface area contributed by atoms with Gasteiger partial charge in [0.2, 0.25) is 10.0 Å². The molecule has 1 aliphatic carbocycles. The number of nitrogens with one attached hydrogen (secondary N) is 2. The van der Waals surface area contributed by atoms with E-state index in [-0.39, 0.29) is 17.5 Å². The van der Waals surface area contributed by atoms with Gasteiger partial charge in [-0.15, -0.1) is 10.2 Å². The molecule has 0 spiro atoms. The third-order valence-electron chi connectivity index (χ3n) is 3.77. The molecular formula is C14H19N5O3S. The highest BCUT2D eigenvalue weighted by Gasteiger charge is 2.18. The third-order valence-corrected chi connectivity index (χ3v) is 5.25. The summed E-state index contributed by atoms with van der Waals surface area (Å²) in [5.41, 5.74) is 0. The topological polar surface area (TPSA) is 110 Å². The molecule has 9 heteroatoms. The molecule has 1 heterocycles. The first-order valence-electron chi connectivity index (χ1n) is 7.62. The molecule has 0 radical (unpaired) electrons. The molecule has 2 N–H and O–H groups in total. The first-order chi connectivity index (χ1) is 11.1. The summed E-state index contributed by atoms with van der Waals surface area (Å²) in [5.74, 6) is 1.18. The van der Waals surface area contributed by atoms with Gasteiger partial charge < -0.3 is 4.74 Å². The average molecular weight is 337 g/mol. The highest BCUT2D eigenvalue weighted by Crippen LogP contribution is 2.24. The number of nitrogens with zero attached hydrogens (tertiary/aromatic N) is 3. The lowest BCUT2D eigenvalue weighted by molar-refractivity contribution is 0.210. The molecule has 1 saturated carbocycles. The Morgan fingerprint density at radius 1 is 1.22 bits per heavy atom. The maximum atomic E-state index is 12.2. The lowest BCUT2D eigenvalue weighted by Crippen LogP contribution is -2.26. The number of hydrogen-bond donors (Lipinski definition) is 2. The normalized spacial score (nSPS) is 15.8. The molecule has 2 aromatic rings. The molecule has 1 fully saturated rings. The predicted molar refractivity (Wildman–Crippen MR) is 82.4 cm³/mol. The Labute approximate surface area is 134 Å². The van der Waals surface area contributed by atoms with Crippen LogP contribution in [0, 0.1) is 0 Å². The van der Waals surface area contributed by atoms with Gasteiger partial charge in [-0.3, -0.25) is 0 Å². The van der Waals surface area contributed by atoms with Crippen molar-refractivity contribution >= 4 is 10.0 Å². The fourth-order valence-corrected chi connectivity index (χ4v) is 3.60. The monoisotopic (exact) mass is 337 g/mol. The van der Waals surface area contributed by atoms with E-state index in [0.717, 1.165) is 12.8 Å². The summed E-state index contributed by atoms with van der Waals surface area (Å²) in [7, 11) is -3.55. The Balaban J connectivity index is 1.56. The van der Waals surface area contributed by atoms with Crippen molar-refractivity contribution in [3.8, 4) is 5.75 Å². The molecule has 1 aromatic carbocycles. The summed E-state index contributed by atoms with van der Waals surface area (Å²) in [5, 5.41) is 13.3. The van der Waals surface area contributed by atoms with Gasteiger partial charge in [0.05, 0.1) is 11.0 Å². The molecule has 0 atom stereocenters. The van der Waals surface area contributed by atoms with E-state index in [1.807, 2.05) is 0 Å². The minimum Gasteiger partial charge on any atom is -0.490 e. The van der Waals surface area contributed by atoms with Crippen molar-refractivity contribution in [3.63, 3.8) is 0 Å². The van der Waals surface area contributed by atoms with Gasteiger partial charge in [0.15, 0.2) is 5.82 Å². The van der Waals surface area contributed by atoms with E-state index in [2.05, 4.69) is 25.3 Å². The van der Waals surface area contributed by atoms with Gasteiger partial charge in [0, 0.05) is 13.0 Å². The smallest absolute Gasteiger partial charge is 0.240 e. The van der Waals surface area contributed by atoms with Gasteiger partial charge >= 0.3 is 0 Å². The van der Waals surface area contributed by atoms with Crippen LogP contribution in [0.4, 0.5) is 0 Å². The van der Waals surface area contributed by atoms with Crippen LogP contribution in [-0.2, 0) is 16.4 Å². The summed E-state index contributed by atoms with van der Waals surface area (Å²) < 4.78 is 32.7. The van der Waals surface area contributed by atoms with Crippen LogP contribution in [0.5, 0.6) is 5.75 Å². The number of aromatic amines is 1. The van der Waals surface area contributed by atoms with E-state index >= 15 is 0 Å². The second kappa shape index (κ2) is 7.05. The standard InChI is InChI=1S/C14H19N5O3S/c20-23(21,15-10-9-14-16-18-19-17-14)13-7-5-12(6-8-13)22-11-3-1-2-4-11/h5-8,11,15H,1-4,9-10H2,(H,16,17,18,19). The first kappa shape index (κ1) is 15.9. The maximum Gasteiger partial charge on any atom is 0.240 e. The Hall–Kier alpha value is -2.00. The van der Waals surface area contributed by atoms with E-state index < -0.39 is 10.0 Å². The van der Waals surface area contributed by atoms with Crippen LogP contribution in [-0.4, -0.2) is 41.7 Å². The van der Waals surface area contributed by atoms with Gasteiger partial charge in [-0.1, -0.05) is 5.21 Å². The molecule has 0 unspecified atom stereocenters. The summed E-state index contributed by atoms with van der Waals surface area (Å²) in [6.45, 7) is 0.211. The summed E-state index contributed by atoms with van der Waals surface area (Å²) in [4.78, 5) is 0.212. The van der Waals surface area contributed by atoms with Crippen LogP contribution in [0.15, 0.2) is 29.2 Å². The van der Waals surface area contributed by atoms with Gasteiger partial charge in [0.25, 0.3) is 0 Å². The highest BCUT2D eigenvalue weighted by atomic mass is 32.2. The van der Waals surface area contributed by atoms with E-state index in [9.17, 15) is 8.42 Å². The first-order valence-corrected chi connectivity index (χ1v) is 9.10. The Morgan fingerprint density at radius 3 is 2.61 bits per heavy atom. The van der Waals surface area contributed by atoms with Crippen molar-refractivity contribution in [2.75, 3.05) is 6.54 Å². The molecule has 0 amide bonds. The summed E-state index contributed by atoms with van der Waals surface area (Å²) in [6, 6.07) is 6.51. The van der Waals surface area contributed by atoms with Gasteiger partial charge in [0.1, 0.15) is 5.75 Å². The zero-order chi connectivity index (χ0) is 16.1. The zero-order valence-electron chi connectivity index (χ0n) is 12.6. The van der Waals surface area contributed by atoms with E-state index in [0.29, 0.717) is 18.0 Å². The Morgan fingerprint density at radius 2 is 1.96 bits per heavy atom. The number of H-pyrrole nitrogens is 1. The number of sulfonamides is 1. The van der Waals surface area contributed by atoms with E-state index in [1.54, 1.807) is 24.3 Å². The summed E-state index contributed by atoms with van der Waals surface area (Å²) >= 11 is 0. The Kier molecular flexibility index (Phi) is 4.87. The van der Waals surface area contributed by atoms with Crippen LogP contribution >= 0.6 is 0 Å². The van der Waals surface area contributed by atoms with Crippen molar-refractivity contribution in [2.24, 2.45) is 0 Å². The molecule has 0 aliphatic heterocycles. The average Bonchev–Trinajstić information content (AvgIpc) is 3.21. The van der Waals surface area contributed by atoms with Gasteiger partial charge in [-0.2, -0.15) is 5.21 Å². The fraction of sp³-hybridized carbons (Fsp3) is 0.500. The van der Waals surface area contributed by atoms with Crippen LogP contribution < -0.4 is 9.46 Å². The van der Waals surface area contributed by atoms with E-state index in [4.69, 9.17) is 4.74 Å². The quantitative estimate of drug-likeness (QED) is 0.781. The lowest BCUT2D eigenvalue weighted by Gasteiger charge is -2.13. The van der Waals surface area contributed by atoms with Crippen molar-refractivity contribution < 1.29 is 13.2 Å². The molecule has 0 saturated heterocycles. The number of rotatable bonds is 7. The molecule has 8 nitrogen and oxygen atoms in total. The van der Waals surface area contributed by atoms with Gasteiger partial charge in [-0.25, -0.2) is 13.1 Å². The molecule has 124 valence electrons. The highest BCUT2D eigenvalue weighted by molar-refractivity contribution is 7.89. The number of benzene rings is 1. The Bertz CT molecular complexity index is 709. The van der Waals surface area contributed by atoms with Crippen LogP contribution in [0.25, 0.3) is 0 Å². The molecule has 3 rings (SSSR count). The lowest BCUT2D eigenvalue weighted by atomic mass is 10.3. The number of tetrazole rings is 1. The van der Waals surface area contributed by atoms with Crippen LogP contribution in [0.3, 0.4) is 0 Å². The van der Waals surface area contributed by atoms with Crippen molar-refractivity contribution in [1.82, 2.24) is 25.3 Å². The largest absolute Gasteiger partial charge is 0.490 e. The predicted octanol–water partition coefficient (Wildman–Crippen LogP) is 1.04. The van der Waals surface area contributed by atoms with Crippen molar-refractivity contribution in [1.29, 1.82) is 0 Å². The summed E-state index contributed by atoms with van der Waals surface area (Å²) in [6.07, 6.45) is 5.15. The number of ether oxygens (including phenoxy) is 1.